The number of carbonyl (C=O) groups excluding carboxylic acids is 1. The summed E-state index contributed by atoms with van der Waals surface area (Å²) in [5, 5.41) is 7.98. The van der Waals surface area contributed by atoms with Gasteiger partial charge in [-0.3, -0.25) is 4.79 Å². The number of nitrogens with zero attached hydrogens (tertiary/aromatic N) is 3. The van der Waals surface area contributed by atoms with Crippen LogP contribution in [-0.2, 0) is 14.8 Å². The average Bonchev–Trinajstić information content (AvgIpc) is 3.34. The quantitative estimate of drug-likeness (QED) is 0.594. The molecule has 3 heterocycles. The lowest BCUT2D eigenvalue weighted by Crippen LogP contribution is -2.43. The third kappa shape index (κ3) is 4.17. The third-order valence-corrected chi connectivity index (χ3v) is 8.14. The molecule has 1 unspecified atom stereocenters. The van der Waals surface area contributed by atoms with E-state index < -0.39 is 33.5 Å². The highest BCUT2D eigenvalue weighted by molar-refractivity contribution is 7.89. The first kappa shape index (κ1) is 22.5. The first-order valence-electron chi connectivity index (χ1n) is 9.82. The maximum Gasteiger partial charge on any atom is 0.248 e. The average molecular weight is 483 g/mol. The molecular formula is C20H20F2N4O4S2. The van der Waals surface area contributed by atoms with E-state index in [4.69, 9.17) is 4.52 Å². The second-order valence-corrected chi connectivity index (χ2v) is 10.2. The molecule has 1 aromatic carbocycles. The second kappa shape index (κ2) is 8.68. The summed E-state index contributed by atoms with van der Waals surface area (Å²) >= 11 is 1.03. The number of carbonyl (C=O) groups is 1. The summed E-state index contributed by atoms with van der Waals surface area (Å²) in [6, 6.07) is 3.52. The highest BCUT2D eigenvalue weighted by atomic mass is 32.2. The third-order valence-electron chi connectivity index (χ3n) is 5.27. The Kier molecular flexibility index (Phi) is 6.10. The van der Waals surface area contributed by atoms with Crippen molar-refractivity contribution in [3.05, 3.63) is 46.7 Å². The molecule has 3 aromatic rings. The zero-order valence-corrected chi connectivity index (χ0v) is 18.9. The first-order valence-corrected chi connectivity index (χ1v) is 12.1. The van der Waals surface area contributed by atoms with Crippen LogP contribution in [0, 0.1) is 31.4 Å². The van der Waals surface area contributed by atoms with E-state index in [9.17, 15) is 22.0 Å². The van der Waals surface area contributed by atoms with Gasteiger partial charge in [0, 0.05) is 18.5 Å². The van der Waals surface area contributed by atoms with Gasteiger partial charge >= 0.3 is 0 Å². The van der Waals surface area contributed by atoms with E-state index in [1.54, 1.807) is 6.92 Å². The Bertz CT molecular complexity index is 1230. The van der Waals surface area contributed by atoms with Crippen LogP contribution in [0.1, 0.15) is 24.3 Å². The van der Waals surface area contributed by atoms with Crippen molar-refractivity contribution in [3.8, 4) is 11.3 Å². The Morgan fingerprint density at radius 2 is 2.00 bits per heavy atom. The van der Waals surface area contributed by atoms with Crippen LogP contribution in [0.4, 0.5) is 13.9 Å². The Hall–Kier alpha value is -2.70. The van der Waals surface area contributed by atoms with E-state index in [1.165, 1.54) is 22.7 Å². The van der Waals surface area contributed by atoms with Crippen molar-refractivity contribution in [2.24, 2.45) is 5.92 Å². The molecule has 0 radical (unpaired) electrons. The minimum absolute atomic E-state index is 0.00159. The number of thiazole rings is 1. The predicted molar refractivity (Wildman–Crippen MR) is 114 cm³/mol. The number of anilines is 1. The molecule has 1 aliphatic heterocycles. The highest BCUT2D eigenvalue weighted by Gasteiger charge is 2.36. The number of aryl methyl sites for hydroxylation is 2. The largest absolute Gasteiger partial charge is 0.360 e. The Balaban J connectivity index is 1.48. The minimum Gasteiger partial charge on any atom is -0.360 e. The molecule has 32 heavy (non-hydrogen) atoms. The normalized spacial score (nSPS) is 17.4. The Morgan fingerprint density at radius 1 is 1.28 bits per heavy atom. The van der Waals surface area contributed by atoms with Crippen LogP contribution in [0.25, 0.3) is 11.3 Å². The molecule has 1 atom stereocenters. The number of hydrogen-bond acceptors (Lipinski definition) is 7. The molecule has 0 aliphatic carbocycles. The van der Waals surface area contributed by atoms with Gasteiger partial charge in [-0.15, -0.1) is 11.3 Å². The Labute approximate surface area is 187 Å². The zero-order chi connectivity index (χ0) is 23.0. The van der Waals surface area contributed by atoms with Gasteiger partial charge < -0.3 is 9.84 Å². The number of rotatable bonds is 5. The van der Waals surface area contributed by atoms with Crippen LogP contribution >= 0.6 is 11.3 Å². The van der Waals surface area contributed by atoms with Gasteiger partial charge in [0.15, 0.2) is 10.9 Å². The lowest BCUT2D eigenvalue weighted by Gasteiger charge is -2.30. The molecule has 0 saturated carbocycles. The Morgan fingerprint density at radius 3 is 2.66 bits per heavy atom. The highest BCUT2D eigenvalue weighted by Crippen LogP contribution is 2.31. The number of piperidine rings is 1. The maximum atomic E-state index is 14.0. The van der Waals surface area contributed by atoms with E-state index in [0.717, 1.165) is 23.5 Å². The standard InChI is InChI=1S/C20H20F2N4O4S2/c1-11-18(12(2)30-25-11)32(28,29)26-8-4-5-13(9-26)19(27)24-20-23-16(10-31-20)17-14(21)6-3-7-15(17)22/h3,6-7,10,13H,4-5,8-9H2,1-2H3,(H,23,24,27). The zero-order valence-electron chi connectivity index (χ0n) is 17.3. The molecule has 0 bridgehead atoms. The minimum atomic E-state index is -3.86. The summed E-state index contributed by atoms with van der Waals surface area (Å²) in [5.74, 6) is -2.30. The van der Waals surface area contributed by atoms with E-state index in [2.05, 4.69) is 15.5 Å². The summed E-state index contributed by atoms with van der Waals surface area (Å²) in [7, 11) is -3.86. The van der Waals surface area contributed by atoms with Gasteiger partial charge in [0.25, 0.3) is 0 Å². The van der Waals surface area contributed by atoms with Crippen molar-refractivity contribution >= 4 is 32.4 Å². The van der Waals surface area contributed by atoms with Crippen LogP contribution in [-0.4, -0.2) is 41.9 Å². The van der Waals surface area contributed by atoms with Crippen LogP contribution < -0.4 is 5.32 Å². The van der Waals surface area contributed by atoms with Crippen molar-refractivity contribution in [2.45, 2.75) is 31.6 Å². The van der Waals surface area contributed by atoms with Crippen molar-refractivity contribution in [1.82, 2.24) is 14.4 Å². The maximum absolute atomic E-state index is 14.0. The van der Waals surface area contributed by atoms with Crippen LogP contribution in [0.15, 0.2) is 33.0 Å². The molecule has 0 spiro atoms. The number of hydrogen-bond donors (Lipinski definition) is 1. The van der Waals surface area contributed by atoms with Crippen molar-refractivity contribution in [1.29, 1.82) is 0 Å². The van der Waals surface area contributed by atoms with E-state index in [0.29, 0.717) is 12.8 Å². The summed E-state index contributed by atoms with van der Waals surface area (Å²) in [6.07, 6.45) is 1.00. The first-order chi connectivity index (χ1) is 15.2. The molecule has 1 aliphatic rings. The van der Waals surface area contributed by atoms with Gasteiger partial charge in [0.2, 0.25) is 15.9 Å². The monoisotopic (exact) mass is 482 g/mol. The molecule has 4 rings (SSSR count). The van der Waals surface area contributed by atoms with Crippen molar-refractivity contribution < 1.29 is 26.5 Å². The number of nitrogens with one attached hydrogen (secondary N) is 1. The number of sulfonamides is 1. The van der Waals surface area contributed by atoms with Crippen LogP contribution in [0.2, 0.25) is 0 Å². The summed E-state index contributed by atoms with van der Waals surface area (Å²) in [5.41, 5.74) is 0.0792. The fraction of sp³-hybridized carbons (Fsp3) is 0.350. The van der Waals surface area contributed by atoms with Gasteiger partial charge in [-0.25, -0.2) is 22.2 Å². The summed E-state index contributed by atoms with van der Waals surface area (Å²) in [6.45, 7) is 3.36. The predicted octanol–water partition coefficient (Wildman–Crippen LogP) is 3.73. The fourth-order valence-corrected chi connectivity index (χ4v) is 6.26. The molecule has 1 saturated heterocycles. The van der Waals surface area contributed by atoms with Gasteiger partial charge in [-0.2, -0.15) is 4.31 Å². The number of benzene rings is 1. The van der Waals surface area contributed by atoms with Crippen molar-refractivity contribution in [2.75, 3.05) is 18.4 Å². The number of amides is 1. The molecule has 2 aromatic heterocycles. The molecule has 8 nitrogen and oxygen atoms in total. The molecule has 12 heteroatoms. The summed E-state index contributed by atoms with van der Waals surface area (Å²) in [4.78, 5) is 16.9. The van der Waals surface area contributed by atoms with Gasteiger partial charge in [-0.05, 0) is 38.8 Å². The molecule has 170 valence electrons. The second-order valence-electron chi connectivity index (χ2n) is 7.48. The van der Waals surface area contributed by atoms with E-state index in [-0.39, 0.29) is 45.8 Å². The summed E-state index contributed by atoms with van der Waals surface area (Å²) < 4.78 is 60.3. The molecular weight excluding hydrogens is 462 g/mol. The van der Waals surface area contributed by atoms with Crippen LogP contribution in [0.3, 0.4) is 0 Å². The number of halogens is 2. The SMILES string of the molecule is Cc1noc(C)c1S(=O)(=O)N1CCCC(C(=O)Nc2nc(-c3c(F)cccc3F)cs2)C1. The van der Waals surface area contributed by atoms with Gasteiger partial charge in [0.05, 0.1) is 17.2 Å². The van der Waals surface area contributed by atoms with Gasteiger partial charge in [0.1, 0.15) is 22.2 Å². The lowest BCUT2D eigenvalue weighted by molar-refractivity contribution is -0.120. The van der Waals surface area contributed by atoms with Crippen molar-refractivity contribution in [3.63, 3.8) is 0 Å². The van der Waals surface area contributed by atoms with Gasteiger partial charge in [-0.1, -0.05) is 11.2 Å². The topological polar surface area (TPSA) is 105 Å². The lowest BCUT2D eigenvalue weighted by atomic mass is 9.99. The molecule has 1 fully saturated rings. The van der Waals surface area contributed by atoms with E-state index >= 15 is 0 Å². The molecule has 1 N–H and O–H groups in total. The van der Waals surface area contributed by atoms with E-state index in [1.807, 2.05) is 0 Å². The number of aromatic nitrogens is 2. The smallest absolute Gasteiger partial charge is 0.248 e. The molecule has 1 amide bonds. The van der Waals surface area contributed by atoms with Crippen LogP contribution in [0.5, 0.6) is 0 Å². The fourth-order valence-electron chi connectivity index (χ4n) is 3.74.